The minimum Gasteiger partial charge on any atom is -0.458 e. The number of nitrogens with zero attached hydrogens (tertiary/aromatic N) is 2. The SMILES string of the molecule is CC#CC(=O)N1CC[C@H](C(=O)N(C)[C@H](C(=O)OC(C)(C)C)C(C)C)C1. The molecule has 0 aromatic carbocycles. The lowest BCUT2D eigenvalue weighted by Gasteiger charge is -2.33. The zero-order chi connectivity index (χ0) is 19.4. The standard InChI is InChI=1S/C19H30N2O4/c1-8-9-15(22)21-11-10-14(12-21)17(23)20(7)16(13(2)3)18(24)25-19(4,5)6/h13-14,16H,10-12H2,1-7H3/t14-,16-/m0/s1. The molecule has 1 saturated heterocycles. The lowest BCUT2D eigenvalue weighted by molar-refractivity contribution is -0.166. The van der Waals surface area contributed by atoms with E-state index in [9.17, 15) is 14.4 Å². The summed E-state index contributed by atoms with van der Waals surface area (Å²) in [7, 11) is 1.63. The third-order valence-corrected chi connectivity index (χ3v) is 4.10. The van der Waals surface area contributed by atoms with Gasteiger partial charge < -0.3 is 14.5 Å². The zero-order valence-corrected chi connectivity index (χ0v) is 16.4. The Morgan fingerprint density at radius 1 is 1.24 bits per heavy atom. The van der Waals surface area contributed by atoms with Crippen LogP contribution in [0.1, 0.15) is 48.0 Å². The first kappa shape index (κ1) is 21.0. The molecule has 1 aliphatic heterocycles. The highest BCUT2D eigenvalue weighted by atomic mass is 16.6. The van der Waals surface area contributed by atoms with Gasteiger partial charge in [0, 0.05) is 20.1 Å². The van der Waals surface area contributed by atoms with E-state index < -0.39 is 17.6 Å². The summed E-state index contributed by atoms with van der Waals surface area (Å²) < 4.78 is 5.47. The van der Waals surface area contributed by atoms with Crippen molar-refractivity contribution in [2.45, 2.75) is 59.6 Å². The molecule has 0 spiro atoms. The third-order valence-electron chi connectivity index (χ3n) is 4.10. The molecule has 6 nitrogen and oxygen atoms in total. The van der Waals surface area contributed by atoms with Crippen molar-refractivity contribution < 1.29 is 19.1 Å². The second kappa shape index (κ2) is 8.37. The molecule has 0 aliphatic carbocycles. The first-order chi connectivity index (χ1) is 11.5. The van der Waals surface area contributed by atoms with Crippen LogP contribution in [0.15, 0.2) is 0 Å². The Hall–Kier alpha value is -2.03. The van der Waals surface area contributed by atoms with Gasteiger partial charge in [-0.1, -0.05) is 19.8 Å². The van der Waals surface area contributed by atoms with Crippen molar-refractivity contribution in [2.24, 2.45) is 11.8 Å². The predicted octanol–water partition coefficient (Wildman–Crippen LogP) is 1.68. The summed E-state index contributed by atoms with van der Waals surface area (Å²) >= 11 is 0. The van der Waals surface area contributed by atoms with Crippen LogP contribution in [0.3, 0.4) is 0 Å². The van der Waals surface area contributed by atoms with Crippen LogP contribution in [0.4, 0.5) is 0 Å². The monoisotopic (exact) mass is 350 g/mol. The average Bonchev–Trinajstić information content (AvgIpc) is 2.94. The van der Waals surface area contributed by atoms with Gasteiger partial charge in [0.2, 0.25) is 5.91 Å². The van der Waals surface area contributed by atoms with Crippen molar-refractivity contribution in [1.29, 1.82) is 0 Å². The fourth-order valence-electron chi connectivity index (χ4n) is 3.00. The van der Waals surface area contributed by atoms with Crippen molar-refractivity contribution in [3.63, 3.8) is 0 Å². The van der Waals surface area contributed by atoms with Crippen molar-refractivity contribution in [3.05, 3.63) is 0 Å². The summed E-state index contributed by atoms with van der Waals surface area (Å²) in [6, 6.07) is -0.646. The first-order valence-corrected chi connectivity index (χ1v) is 8.69. The van der Waals surface area contributed by atoms with Crippen LogP contribution in [0.5, 0.6) is 0 Å². The highest BCUT2D eigenvalue weighted by Gasteiger charge is 2.38. The predicted molar refractivity (Wildman–Crippen MR) is 95.4 cm³/mol. The number of carbonyl (C=O) groups excluding carboxylic acids is 3. The largest absolute Gasteiger partial charge is 0.458 e. The topological polar surface area (TPSA) is 66.9 Å². The van der Waals surface area contributed by atoms with Gasteiger partial charge in [0.05, 0.1) is 5.92 Å². The van der Waals surface area contributed by atoms with Gasteiger partial charge in [0.25, 0.3) is 5.91 Å². The summed E-state index contributed by atoms with van der Waals surface area (Å²) in [5, 5.41) is 0. The highest BCUT2D eigenvalue weighted by molar-refractivity contribution is 5.94. The van der Waals surface area contributed by atoms with Gasteiger partial charge in [-0.05, 0) is 46.0 Å². The lowest BCUT2D eigenvalue weighted by Crippen LogP contribution is -2.50. The van der Waals surface area contributed by atoms with E-state index >= 15 is 0 Å². The molecule has 140 valence electrons. The number of rotatable bonds is 4. The van der Waals surface area contributed by atoms with Crippen LogP contribution in [-0.4, -0.2) is 59.4 Å². The van der Waals surface area contributed by atoms with Gasteiger partial charge in [0.1, 0.15) is 11.6 Å². The molecule has 6 heteroatoms. The minimum absolute atomic E-state index is 0.0751. The number of hydrogen-bond donors (Lipinski definition) is 0. The molecular formula is C19H30N2O4. The average molecular weight is 350 g/mol. The van der Waals surface area contributed by atoms with Crippen LogP contribution >= 0.6 is 0 Å². The smallest absolute Gasteiger partial charge is 0.329 e. The molecule has 0 aromatic rings. The van der Waals surface area contributed by atoms with Crippen molar-refractivity contribution in [1.82, 2.24) is 9.80 Å². The van der Waals surface area contributed by atoms with Gasteiger partial charge >= 0.3 is 5.97 Å². The molecule has 2 atom stereocenters. The normalized spacial score (nSPS) is 18.4. The maximum Gasteiger partial charge on any atom is 0.329 e. The molecule has 0 N–H and O–H groups in total. The lowest BCUT2D eigenvalue weighted by atomic mass is 9.99. The van der Waals surface area contributed by atoms with Crippen LogP contribution < -0.4 is 0 Å². The van der Waals surface area contributed by atoms with Crippen LogP contribution in [0.25, 0.3) is 0 Å². The number of hydrogen-bond acceptors (Lipinski definition) is 4. The maximum absolute atomic E-state index is 12.8. The van der Waals surface area contributed by atoms with E-state index in [2.05, 4.69) is 11.8 Å². The van der Waals surface area contributed by atoms with Gasteiger partial charge in [-0.15, -0.1) is 0 Å². The van der Waals surface area contributed by atoms with Crippen molar-refractivity contribution >= 4 is 17.8 Å². The molecule has 1 fully saturated rings. The van der Waals surface area contributed by atoms with E-state index in [-0.39, 0.29) is 23.7 Å². The Balaban J connectivity index is 2.83. The molecule has 0 bridgehead atoms. The second-order valence-electron chi connectivity index (χ2n) is 7.78. The molecule has 25 heavy (non-hydrogen) atoms. The number of amides is 2. The first-order valence-electron chi connectivity index (χ1n) is 8.69. The van der Waals surface area contributed by atoms with Crippen LogP contribution in [0.2, 0.25) is 0 Å². The fraction of sp³-hybridized carbons (Fsp3) is 0.737. The molecule has 0 aromatic heterocycles. The molecular weight excluding hydrogens is 320 g/mol. The molecule has 1 aliphatic rings. The summed E-state index contributed by atoms with van der Waals surface area (Å²) in [6.07, 6.45) is 0.583. The Kier molecular flexibility index (Phi) is 7.04. The number of ether oxygens (including phenoxy) is 1. The van der Waals surface area contributed by atoms with Gasteiger partial charge in [-0.2, -0.15) is 0 Å². The molecule has 0 unspecified atom stereocenters. The summed E-state index contributed by atoms with van der Waals surface area (Å²) in [6.45, 7) is 11.7. The Labute approximate surface area is 150 Å². The van der Waals surface area contributed by atoms with Gasteiger partial charge in [0.15, 0.2) is 0 Å². The van der Waals surface area contributed by atoms with E-state index in [1.165, 1.54) is 4.90 Å². The zero-order valence-electron chi connectivity index (χ0n) is 16.4. The fourth-order valence-corrected chi connectivity index (χ4v) is 3.00. The van der Waals surface area contributed by atoms with E-state index in [4.69, 9.17) is 4.74 Å². The summed E-state index contributed by atoms with van der Waals surface area (Å²) in [4.78, 5) is 40.3. The number of carbonyl (C=O) groups is 3. The number of esters is 1. The highest BCUT2D eigenvalue weighted by Crippen LogP contribution is 2.22. The molecule has 2 amide bonds. The van der Waals surface area contributed by atoms with Gasteiger partial charge in [-0.3, -0.25) is 9.59 Å². The molecule has 1 rings (SSSR count). The van der Waals surface area contributed by atoms with E-state index in [0.29, 0.717) is 19.5 Å². The maximum atomic E-state index is 12.8. The molecule has 1 heterocycles. The molecule has 0 saturated carbocycles. The van der Waals surface area contributed by atoms with Crippen LogP contribution in [-0.2, 0) is 19.1 Å². The van der Waals surface area contributed by atoms with E-state index in [0.717, 1.165) is 0 Å². The Bertz CT molecular complexity index is 580. The molecule has 0 radical (unpaired) electrons. The van der Waals surface area contributed by atoms with E-state index in [1.54, 1.807) is 39.6 Å². The third kappa shape index (κ3) is 5.77. The quantitative estimate of drug-likeness (QED) is 0.571. The van der Waals surface area contributed by atoms with Crippen molar-refractivity contribution in [2.75, 3.05) is 20.1 Å². The summed E-state index contributed by atoms with van der Waals surface area (Å²) in [5.41, 5.74) is -0.608. The van der Waals surface area contributed by atoms with E-state index in [1.807, 2.05) is 13.8 Å². The second-order valence-corrected chi connectivity index (χ2v) is 7.78. The van der Waals surface area contributed by atoms with Crippen molar-refractivity contribution in [3.8, 4) is 11.8 Å². The summed E-state index contributed by atoms with van der Waals surface area (Å²) in [5.74, 6) is 3.91. The Morgan fingerprint density at radius 2 is 1.84 bits per heavy atom. The Morgan fingerprint density at radius 3 is 2.32 bits per heavy atom. The number of likely N-dealkylation sites (N-methyl/N-ethyl adjacent to an activating group) is 1. The van der Waals surface area contributed by atoms with Crippen LogP contribution in [0, 0.1) is 23.7 Å². The number of likely N-dealkylation sites (tertiary alicyclic amines) is 1. The minimum atomic E-state index is -0.646. The van der Waals surface area contributed by atoms with Gasteiger partial charge in [-0.25, -0.2) is 4.79 Å².